The molecule has 0 amide bonds. The van der Waals surface area contributed by atoms with Gasteiger partial charge in [0.15, 0.2) is 0 Å². The van der Waals surface area contributed by atoms with Crippen LogP contribution in [0.2, 0.25) is 0 Å². The van der Waals surface area contributed by atoms with Gasteiger partial charge in [-0.15, -0.1) is 0 Å². The average molecular weight is 435 g/mol. The van der Waals surface area contributed by atoms with Gasteiger partial charge in [-0.1, -0.05) is 35.4 Å². The minimum Gasteiger partial charge on any atom is -0.396 e. The number of unbranched alkanes of at least 4 members (excludes halogenated alkanes) is 1. The fourth-order valence-corrected chi connectivity index (χ4v) is 2.60. The number of aryl methyl sites for hydroxylation is 2. The topological polar surface area (TPSA) is 149 Å². The lowest BCUT2D eigenvalue weighted by Gasteiger charge is -1.95. The van der Waals surface area contributed by atoms with E-state index in [-0.39, 0.29) is 23.0 Å². The Hall–Kier alpha value is -1.82. The van der Waals surface area contributed by atoms with Crippen molar-refractivity contribution in [1.29, 1.82) is 0 Å². The summed E-state index contributed by atoms with van der Waals surface area (Å²) in [5.41, 5.74) is 1.91. The van der Waals surface area contributed by atoms with Crippen LogP contribution in [-0.2, 0) is 20.2 Å². The lowest BCUT2D eigenvalue weighted by molar-refractivity contribution is 0.242. The highest BCUT2D eigenvalue weighted by atomic mass is 32.2. The molecule has 0 heterocycles. The van der Waals surface area contributed by atoms with Gasteiger partial charge >= 0.3 is 0 Å². The van der Waals surface area contributed by atoms with Crippen molar-refractivity contribution >= 4 is 20.2 Å². The Kier molecular flexibility index (Phi) is 11.8. The quantitative estimate of drug-likeness (QED) is 0.413. The van der Waals surface area contributed by atoms with E-state index in [1.807, 2.05) is 13.8 Å². The summed E-state index contributed by atoms with van der Waals surface area (Å²) in [6.45, 7) is 4.07. The second-order valence-corrected chi connectivity index (χ2v) is 8.57. The van der Waals surface area contributed by atoms with Crippen molar-refractivity contribution in [3.8, 4) is 0 Å². The van der Waals surface area contributed by atoms with Crippen LogP contribution in [0.25, 0.3) is 0 Å². The molecule has 8 nitrogen and oxygen atoms in total. The Bertz CT molecular complexity index is 810. The van der Waals surface area contributed by atoms with E-state index < -0.39 is 20.2 Å². The molecule has 0 unspecified atom stereocenters. The number of rotatable bonds is 5. The molecule has 4 N–H and O–H groups in total. The molecule has 0 atom stereocenters. The summed E-state index contributed by atoms with van der Waals surface area (Å²) in [5.74, 6) is 0. The Morgan fingerprint density at radius 2 is 0.857 bits per heavy atom. The lowest BCUT2D eigenvalue weighted by atomic mass is 10.2. The zero-order valence-electron chi connectivity index (χ0n) is 15.7. The predicted molar refractivity (Wildman–Crippen MR) is 105 cm³/mol. The Morgan fingerprint density at radius 3 is 1.04 bits per heavy atom. The van der Waals surface area contributed by atoms with E-state index in [9.17, 15) is 16.8 Å². The molecule has 0 aliphatic rings. The number of hydrogen-bond acceptors (Lipinski definition) is 6. The number of aliphatic hydroxyl groups excluding tert-OH is 2. The first-order chi connectivity index (χ1) is 12.9. The van der Waals surface area contributed by atoms with Crippen LogP contribution in [0.5, 0.6) is 0 Å². The molecule has 0 aliphatic heterocycles. The van der Waals surface area contributed by atoms with Gasteiger partial charge in [-0.3, -0.25) is 9.11 Å². The maximum absolute atomic E-state index is 10.5. The van der Waals surface area contributed by atoms with Gasteiger partial charge in [-0.25, -0.2) is 0 Å². The summed E-state index contributed by atoms with van der Waals surface area (Å²) in [4.78, 5) is -0.133. The number of benzene rings is 2. The first-order valence-electron chi connectivity index (χ1n) is 8.22. The van der Waals surface area contributed by atoms with Gasteiger partial charge in [0.2, 0.25) is 0 Å². The van der Waals surface area contributed by atoms with E-state index >= 15 is 0 Å². The molecule has 0 saturated heterocycles. The van der Waals surface area contributed by atoms with Gasteiger partial charge < -0.3 is 10.2 Å². The van der Waals surface area contributed by atoms with Gasteiger partial charge in [0.05, 0.1) is 9.79 Å². The van der Waals surface area contributed by atoms with E-state index in [2.05, 4.69) is 0 Å². The zero-order valence-corrected chi connectivity index (χ0v) is 17.3. The molecule has 0 bridgehead atoms. The summed E-state index contributed by atoms with van der Waals surface area (Å²) in [6.07, 6.45) is 1.44. The van der Waals surface area contributed by atoms with Crippen LogP contribution in [-0.4, -0.2) is 49.4 Å². The highest BCUT2D eigenvalue weighted by molar-refractivity contribution is 7.86. The highest BCUT2D eigenvalue weighted by Gasteiger charge is 2.07. The summed E-state index contributed by atoms with van der Waals surface area (Å²) in [6, 6.07) is 12.0. The van der Waals surface area contributed by atoms with E-state index in [4.69, 9.17) is 19.3 Å². The standard InChI is InChI=1S/2C7H8O3S.C4H10O2/c2*1-6-2-4-7(5-3-6)11(8,9)10;5-3-1-2-4-6/h2*2-5H,1H3,(H,8,9,10);5-6H,1-4H2. The largest absolute Gasteiger partial charge is 0.396 e. The molecule has 158 valence electrons. The Balaban J connectivity index is 0.000000411. The number of hydrogen-bond donors (Lipinski definition) is 4. The molecule has 2 rings (SSSR count). The SMILES string of the molecule is Cc1ccc(S(=O)(=O)O)cc1.Cc1ccc(S(=O)(=O)O)cc1.OCCCCO. The smallest absolute Gasteiger partial charge is 0.294 e. The van der Waals surface area contributed by atoms with Crippen molar-refractivity contribution < 1.29 is 36.2 Å². The van der Waals surface area contributed by atoms with Crippen LogP contribution in [0.3, 0.4) is 0 Å². The molecule has 2 aromatic rings. The van der Waals surface area contributed by atoms with Gasteiger partial charge in [0, 0.05) is 13.2 Å². The first kappa shape index (κ1) is 26.2. The molecule has 0 radical (unpaired) electrons. The first-order valence-corrected chi connectivity index (χ1v) is 11.1. The second kappa shape index (κ2) is 12.6. The van der Waals surface area contributed by atoms with Crippen molar-refractivity contribution in [3.63, 3.8) is 0 Å². The average Bonchev–Trinajstić information content (AvgIpc) is 2.60. The highest BCUT2D eigenvalue weighted by Crippen LogP contribution is 2.09. The zero-order chi connectivity index (χ0) is 21.8. The van der Waals surface area contributed by atoms with Crippen molar-refractivity contribution in [3.05, 3.63) is 59.7 Å². The van der Waals surface area contributed by atoms with Crippen LogP contribution in [0.1, 0.15) is 24.0 Å². The molecule has 0 saturated carbocycles. The molecule has 28 heavy (non-hydrogen) atoms. The van der Waals surface area contributed by atoms with Crippen LogP contribution in [0, 0.1) is 13.8 Å². The molecular weight excluding hydrogens is 408 g/mol. The minimum absolute atomic E-state index is 0.0666. The molecule has 0 aromatic heterocycles. The fraction of sp³-hybridized carbons (Fsp3) is 0.333. The van der Waals surface area contributed by atoms with Crippen LogP contribution < -0.4 is 0 Å². The van der Waals surface area contributed by atoms with E-state index in [0.717, 1.165) is 24.0 Å². The summed E-state index contributed by atoms with van der Waals surface area (Å²) < 4.78 is 59.1. The molecular formula is C18H26O8S2. The third-order valence-electron chi connectivity index (χ3n) is 3.20. The summed E-state index contributed by atoms with van der Waals surface area (Å²) >= 11 is 0. The van der Waals surface area contributed by atoms with Gasteiger partial charge in [-0.05, 0) is 51.0 Å². The molecule has 0 spiro atoms. The normalized spacial score (nSPS) is 10.9. The van der Waals surface area contributed by atoms with E-state index in [1.165, 1.54) is 24.3 Å². The molecule has 2 aromatic carbocycles. The molecule has 10 heteroatoms. The fourth-order valence-electron chi connectivity index (χ4n) is 1.64. The number of aliphatic hydroxyl groups is 2. The van der Waals surface area contributed by atoms with Crippen LogP contribution >= 0.6 is 0 Å². The lowest BCUT2D eigenvalue weighted by Crippen LogP contribution is -1.96. The van der Waals surface area contributed by atoms with Crippen LogP contribution in [0.4, 0.5) is 0 Å². The molecule has 0 aliphatic carbocycles. The van der Waals surface area contributed by atoms with Crippen molar-refractivity contribution in [2.24, 2.45) is 0 Å². The summed E-state index contributed by atoms with van der Waals surface area (Å²) in [5, 5.41) is 16.2. The maximum atomic E-state index is 10.5. The van der Waals surface area contributed by atoms with E-state index in [0.29, 0.717) is 0 Å². The minimum atomic E-state index is -4.02. The van der Waals surface area contributed by atoms with Crippen molar-refractivity contribution in [1.82, 2.24) is 0 Å². The Morgan fingerprint density at radius 1 is 0.607 bits per heavy atom. The van der Waals surface area contributed by atoms with Crippen LogP contribution in [0.15, 0.2) is 58.3 Å². The Labute approximate surface area is 166 Å². The third kappa shape index (κ3) is 11.8. The second-order valence-electron chi connectivity index (χ2n) is 5.73. The van der Waals surface area contributed by atoms with Gasteiger partial charge in [0.1, 0.15) is 0 Å². The van der Waals surface area contributed by atoms with Gasteiger partial charge in [0.25, 0.3) is 20.2 Å². The van der Waals surface area contributed by atoms with E-state index in [1.54, 1.807) is 24.3 Å². The van der Waals surface area contributed by atoms with Gasteiger partial charge in [-0.2, -0.15) is 16.8 Å². The monoisotopic (exact) mass is 434 g/mol. The summed E-state index contributed by atoms with van der Waals surface area (Å²) in [7, 11) is -8.04. The molecule has 0 fully saturated rings. The predicted octanol–water partition coefficient (Wildman–Crippen LogP) is 2.23. The maximum Gasteiger partial charge on any atom is 0.294 e. The van der Waals surface area contributed by atoms with Crippen molar-refractivity contribution in [2.75, 3.05) is 13.2 Å². The third-order valence-corrected chi connectivity index (χ3v) is 4.94. The van der Waals surface area contributed by atoms with Crippen molar-refractivity contribution in [2.45, 2.75) is 36.5 Å².